The molecule has 0 radical (unpaired) electrons. The fraction of sp³-hybridized carbons (Fsp3) is 0.533. The summed E-state index contributed by atoms with van der Waals surface area (Å²) in [6.45, 7) is 4.23. The minimum atomic E-state index is 0.106. The fourth-order valence-electron chi connectivity index (χ4n) is 2.50. The highest BCUT2D eigenvalue weighted by Crippen LogP contribution is 2.29. The maximum atomic E-state index is 12.1. The number of para-hydroxylation sites is 1. The van der Waals surface area contributed by atoms with Gasteiger partial charge in [-0.05, 0) is 36.8 Å². The number of rotatable bonds is 4. The van der Waals surface area contributed by atoms with Crippen LogP contribution in [0.2, 0.25) is 0 Å². The second-order valence-electron chi connectivity index (χ2n) is 5.08. The first-order chi connectivity index (χ1) is 8.65. The van der Waals surface area contributed by atoms with Gasteiger partial charge in [-0.3, -0.25) is 4.79 Å². The first-order valence-corrected chi connectivity index (χ1v) is 6.82. The molecule has 1 amide bonds. The molecular weight excluding hydrogens is 224 g/mol. The SMILES string of the molecule is CCc1cccc(CC)c1NC(=O)C1CC(N)C1. The third-order valence-corrected chi connectivity index (χ3v) is 3.79. The van der Waals surface area contributed by atoms with Crippen molar-refractivity contribution in [1.29, 1.82) is 0 Å². The zero-order valence-corrected chi connectivity index (χ0v) is 11.2. The molecule has 0 atom stereocenters. The lowest BCUT2D eigenvalue weighted by molar-refractivity contribution is -0.122. The predicted molar refractivity (Wildman–Crippen MR) is 74.5 cm³/mol. The van der Waals surface area contributed by atoms with Gasteiger partial charge in [-0.15, -0.1) is 0 Å². The number of hydrogen-bond donors (Lipinski definition) is 2. The lowest BCUT2D eigenvalue weighted by atomic mass is 9.80. The molecule has 1 aliphatic carbocycles. The van der Waals surface area contributed by atoms with E-state index < -0.39 is 0 Å². The van der Waals surface area contributed by atoms with Crippen molar-refractivity contribution in [3.8, 4) is 0 Å². The largest absolute Gasteiger partial charge is 0.328 e. The van der Waals surface area contributed by atoms with E-state index in [9.17, 15) is 4.79 Å². The molecule has 18 heavy (non-hydrogen) atoms. The maximum Gasteiger partial charge on any atom is 0.227 e. The summed E-state index contributed by atoms with van der Waals surface area (Å²) in [7, 11) is 0. The van der Waals surface area contributed by atoms with E-state index in [1.165, 1.54) is 11.1 Å². The van der Waals surface area contributed by atoms with Crippen molar-refractivity contribution in [3.63, 3.8) is 0 Å². The van der Waals surface area contributed by atoms with Gasteiger partial charge in [0.15, 0.2) is 0 Å². The molecule has 1 saturated carbocycles. The highest BCUT2D eigenvalue weighted by atomic mass is 16.1. The van der Waals surface area contributed by atoms with Gasteiger partial charge < -0.3 is 11.1 Å². The molecule has 0 spiro atoms. The van der Waals surface area contributed by atoms with E-state index in [4.69, 9.17) is 5.73 Å². The van der Waals surface area contributed by atoms with Gasteiger partial charge in [0.25, 0.3) is 0 Å². The summed E-state index contributed by atoms with van der Waals surface area (Å²) < 4.78 is 0. The van der Waals surface area contributed by atoms with E-state index in [0.29, 0.717) is 0 Å². The summed E-state index contributed by atoms with van der Waals surface area (Å²) in [4.78, 5) is 12.1. The van der Waals surface area contributed by atoms with Crippen LogP contribution in [-0.4, -0.2) is 11.9 Å². The average Bonchev–Trinajstić information content (AvgIpc) is 2.35. The van der Waals surface area contributed by atoms with Gasteiger partial charge in [-0.1, -0.05) is 32.0 Å². The molecule has 0 unspecified atom stereocenters. The summed E-state index contributed by atoms with van der Waals surface area (Å²) in [6.07, 6.45) is 3.52. The van der Waals surface area contributed by atoms with Crippen molar-refractivity contribution in [2.75, 3.05) is 5.32 Å². The van der Waals surface area contributed by atoms with Crippen LogP contribution < -0.4 is 11.1 Å². The maximum absolute atomic E-state index is 12.1. The minimum absolute atomic E-state index is 0.106. The standard InChI is InChI=1S/C15H22N2O/c1-3-10-6-5-7-11(4-2)14(10)17-15(18)12-8-13(16)9-12/h5-7,12-13H,3-4,8-9,16H2,1-2H3,(H,17,18). The molecule has 0 aromatic heterocycles. The van der Waals surface area contributed by atoms with Crippen molar-refractivity contribution in [2.24, 2.45) is 11.7 Å². The first-order valence-electron chi connectivity index (χ1n) is 6.82. The summed E-state index contributed by atoms with van der Waals surface area (Å²) in [5.74, 6) is 0.238. The molecule has 98 valence electrons. The number of anilines is 1. The second-order valence-corrected chi connectivity index (χ2v) is 5.08. The Bertz CT molecular complexity index is 414. The van der Waals surface area contributed by atoms with Crippen LogP contribution in [0.4, 0.5) is 5.69 Å². The number of carbonyl (C=O) groups excluding carboxylic acids is 1. The fourth-order valence-corrected chi connectivity index (χ4v) is 2.50. The molecule has 0 aliphatic heterocycles. The zero-order chi connectivity index (χ0) is 13.1. The number of nitrogens with two attached hydrogens (primary N) is 1. The van der Waals surface area contributed by atoms with Gasteiger partial charge in [0, 0.05) is 17.6 Å². The summed E-state index contributed by atoms with van der Waals surface area (Å²) in [5, 5.41) is 3.11. The Hall–Kier alpha value is -1.35. The molecular formula is C15H22N2O. The van der Waals surface area contributed by atoms with Crippen LogP contribution in [0, 0.1) is 5.92 Å². The predicted octanol–water partition coefficient (Wildman–Crippen LogP) is 2.49. The number of carbonyl (C=O) groups is 1. The molecule has 1 fully saturated rings. The Morgan fingerprint density at radius 2 is 1.83 bits per heavy atom. The quantitative estimate of drug-likeness (QED) is 0.857. The van der Waals surface area contributed by atoms with Crippen LogP contribution in [-0.2, 0) is 17.6 Å². The smallest absolute Gasteiger partial charge is 0.227 e. The third kappa shape index (κ3) is 2.56. The third-order valence-electron chi connectivity index (χ3n) is 3.79. The second kappa shape index (κ2) is 5.53. The molecule has 1 aliphatic rings. The van der Waals surface area contributed by atoms with E-state index in [1.807, 2.05) is 0 Å². The minimum Gasteiger partial charge on any atom is -0.328 e. The van der Waals surface area contributed by atoms with Gasteiger partial charge >= 0.3 is 0 Å². The monoisotopic (exact) mass is 246 g/mol. The van der Waals surface area contributed by atoms with E-state index in [-0.39, 0.29) is 17.9 Å². The molecule has 0 heterocycles. The van der Waals surface area contributed by atoms with Crippen LogP contribution in [0.5, 0.6) is 0 Å². The van der Waals surface area contributed by atoms with Crippen LogP contribution in [0.3, 0.4) is 0 Å². The van der Waals surface area contributed by atoms with Crippen LogP contribution >= 0.6 is 0 Å². The number of amides is 1. The van der Waals surface area contributed by atoms with Gasteiger partial charge in [-0.25, -0.2) is 0 Å². The van der Waals surface area contributed by atoms with E-state index >= 15 is 0 Å². The number of aryl methyl sites for hydroxylation is 2. The Morgan fingerprint density at radius 1 is 1.28 bits per heavy atom. The van der Waals surface area contributed by atoms with Crippen molar-refractivity contribution in [1.82, 2.24) is 0 Å². The Labute approximate surface area is 109 Å². The normalized spacial score (nSPS) is 22.4. The van der Waals surface area contributed by atoms with Crippen molar-refractivity contribution in [2.45, 2.75) is 45.6 Å². The highest BCUT2D eigenvalue weighted by Gasteiger charge is 2.32. The average molecular weight is 246 g/mol. The molecule has 3 nitrogen and oxygen atoms in total. The van der Waals surface area contributed by atoms with E-state index in [0.717, 1.165) is 31.4 Å². The zero-order valence-electron chi connectivity index (χ0n) is 11.2. The number of nitrogens with one attached hydrogen (secondary N) is 1. The molecule has 1 aromatic rings. The van der Waals surface area contributed by atoms with Crippen LogP contribution in [0.15, 0.2) is 18.2 Å². The van der Waals surface area contributed by atoms with Crippen LogP contribution in [0.1, 0.15) is 37.8 Å². The summed E-state index contributed by atoms with van der Waals surface area (Å²) in [6, 6.07) is 6.45. The van der Waals surface area contributed by atoms with Gasteiger partial charge in [0.05, 0.1) is 0 Å². The summed E-state index contributed by atoms with van der Waals surface area (Å²) >= 11 is 0. The summed E-state index contributed by atoms with van der Waals surface area (Å²) in [5.41, 5.74) is 9.18. The molecule has 0 saturated heterocycles. The van der Waals surface area contributed by atoms with Crippen molar-refractivity contribution in [3.05, 3.63) is 29.3 Å². The Kier molecular flexibility index (Phi) is 4.02. The highest BCUT2D eigenvalue weighted by molar-refractivity contribution is 5.94. The van der Waals surface area contributed by atoms with Gasteiger partial charge in [-0.2, -0.15) is 0 Å². The molecule has 1 aromatic carbocycles. The van der Waals surface area contributed by atoms with Crippen molar-refractivity contribution < 1.29 is 4.79 Å². The number of hydrogen-bond acceptors (Lipinski definition) is 2. The number of benzene rings is 1. The van der Waals surface area contributed by atoms with E-state index in [2.05, 4.69) is 37.4 Å². The first kappa shape index (κ1) is 13.1. The lowest BCUT2D eigenvalue weighted by Gasteiger charge is -2.31. The molecule has 3 heteroatoms. The molecule has 0 bridgehead atoms. The molecule has 2 rings (SSSR count). The van der Waals surface area contributed by atoms with E-state index in [1.54, 1.807) is 0 Å². The van der Waals surface area contributed by atoms with Gasteiger partial charge in [0.2, 0.25) is 5.91 Å². The Balaban J connectivity index is 2.14. The lowest BCUT2D eigenvalue weighted by Crippen LogP contribution is -2.42. The van der Waals surface area contributed by atoms with Crippen molar-refractivity contribution >= 4 is 11.6 Å². The van der Waals surface area contributed by atoms with Crippen LogP contribution in [0.25, 0.3) is 0 Å². The Morgan fingerprint density at radius 3 is 2.28 bits per heavy atom. The van der Waals surface area contributed by atoms with Gasteiger partial charge in [0.1, 0.15) is 0 Å². The molecule has 3 N–H and O–H groups in total. The topological polar surface area (TPSA) is 55.1 Å².